The molecule has 0 bridgehead atoms. The molecule has 0 aromatic heterocycles. The fraction of sp³-hybridized carbons (Fsp3) is 0.688. The Kier molecular flexibility index (Phi) is 13.8. The Hall–Kier alpha value is -2.98. The molecular weight excluding hydrogens is 607 g/mol. The average Bonchev–Trinajstić information content (AvgIpc) is 3.49. The molecule has 0 radical (unpaired) electrons. The van der Waals surface area contributed by atoms with Crippen molar-refractivity contribution in [3.8, 4) is 0 Å². The van der Waals surface area contributed by atoms with E-state index in [9.17, 15) is 39.5 Å². The van der Waals surface area contributed by atoms with Crippen molar-refractivity contribution >= 4 is 53.4 Å². The minimum atomic E-state index is -5.08. The smallest absolute Gasteiger partial charge is 0.475 e. The van der Waals surface area contributed by atoms with E-state index in [4.69, 9.17) is 40.5 Å². The largest absolute Gasteiger partial charge is 0.490 e. The van der Waals surface area contributed by atoms with Crippen LogP contribution in [0.2, 0.25) is 0 Å². The van der Waals surface area contributed by atoms with Crippen LogP contribution in [-0.2, 0) is 14.4 Å². The summed E-state index contributed by atoms with van der Waals surface area (Å²) in [7, 11) is 0. The maximum atomic E-state index is 10.6. The van der Waals surface area contributed by atoms with Gasteiger partial charge in [-0.3, -0.25) is 10.8 Å². The van der Waals surface area contributed by atoms with Crippen LogP contribution in [-0.4, -0.2) is 111 Å². The van der Waals surface area contributed by atoms with E-state index < -0.39 is 36.4 Å². The van der Waals surface area contributed by atoms with Crippen LogP contribution in [0, 0.1) is 10.8 Å². The summed E-state index contributed by atoms with van der Waals surface area (Å²) in [5, 5.41) is 48.1. The van der Waals surface area contributed by atoms with Crippen LogP contribution in [0.3, 0.4) is 0 Å². The molecule has 4 aliphatic heterocycles. The van der Waals surface area contributed by atoms with E-state index in [1.807, 2.05) is 23.5 Å². The van der Waals surface area contributed by atoms with Gasteiger partial charge in [0.05, 0.1) is 24.2 Å². The van der Waals surface area contributed by atoms with Crippen molar-refractivity contribution in [1.29, 1.82) is 10.8 Å². The van der Waals surface area contributed by atoms with Gasteiger partial charge in [-0.15, -0.1) is 0 Å². The third-order valence-electron chi connectivity index (χ3n) is 4.21. The fourth-order valence-electron chi connectivity index (χ4n) is 2.50. The van der Waals surface area contributed by atoms with Crippen molar-refractivity contribution in [3.63, 3.8) is 0 Å². The minimum Gasteiger partial charge on any atom is -0.475 e. The molecule has 0 saturated carbocycles. The summed E-state index contributed by atoms with van der Waals surface area (Å²) in [6.45, 7) is 0. The monoisotopic (exact) mass is 628 g/mol. The molecule has 0 aromatic rings. The van der Waals surface area contributed by atoms with Crippen molar-refractivity contribution in [2.45, 2.75) is 42.7 Å². The average molecular weight is 628 g/mol. The molecule has 226 valence electrons. The second-order valence-corrected chi connectivity index (χ2v) is 9.39. The lowest BCUT2D eigenvalue weighted by molar-refractivity contribution is -0.193. The molecule has 12 nitrogen and oxygen atoms in total. The zero-order valence-electron chi connectivity index (χ0n) is 18.9. The van der Waals surface area contributed by atoms with E-state index in [-0.39, 0.29) is 0 Å². The predicted molar refractivity (Wildman–Crippen MR) is 119 cm³/mol. The lowest BCUT2D eigenvalue weighted by atomic mass is 10.2. The van der Waals surface area contributed by atoms with Gasteiger partial charge in [-0.25, -0.2) is 14.4 Å². The summed E-state index contributed by atoms with van der Waals surface area (Å²) in [6.07, 6.45) is -15.3. The second kappa shape index (κ2) is 15.0. The van der Waals surface area contributed by atoms with Crippen LogP contribution in [0.5, 0.6) is 0 Å². The molecule has 4 saturated heterocycles. The first-order valence-corrected chi connectivity index (χ1v) is 12.2. The fourth-order valence-corrected chi connectivity index (χ4v) is 5.05. The molecule has 0 amide bonds. The zero-order valence-corrected chi connectivity index (χ0v) is 20.6. The van der Waals surface area contributed by atoms with E-state index in [1.165, 1.54) is 0 Å². The van der Waals surface area contributed by atoms with Gasteiger partial charge in [0.1, 0.15) is 0 Å². The lowest BCUT2D eigenvalue weighted by Crippen LogP contribution is -2.31. The first-order valence-electron chi connectivity index (χ1n) is 9.84. The van der Waals surface area contributed by atoms with Gasteiger partial charge in [0.25, 0.3) is 0 Å². The number of guanidine groups is 2. The Morgan fingerprint density at radius 2 is 0.718 bits per heavy atom. The molecule has 9 N–H and O–H groups in total. The number of carboxylic acids is 3. The summed E-state index contributed by atoms with van der Waals surface area (Å²) in [5.74, 6) is -2.65. The molecular formula is C16H21F9N6O6S2. The van der Waals surface area contributed by atoms with Crippen molar-refractivity contribution in [2.75, 3.05) is 23.0 Å². The highest BCUT2D eigenvalue weighted by Crippen LogP contribution is 2.21. The topological polar surface area (TPSA) is 208 Å². The van der Waals surface area contributed by atoms with Gasteiger partial charge < -0.3 is 36.6 Å². The quantitative estimate of drug-likeness (QED) is 0.173. The number of carboxylic acid groups (broad SMARTS) is 3. The van der Waals surface area contributed by atoms with Gasteiger partial charge in [0.2, 0.25) is 0 Å². The Morgan fingerprint density at radius 1 is 0.564 bits per heavy atom. The lowest BCUT2D eigenvalue weighted by Gasteiger charge is -2.03. The summed E-state index contributed by atoms with van der Waals surface area (Å²) in [4.78, 5) is 26.7. The van der Waals surface area contributed by atoms with Gasteiger partial charge >= 0.3 is 36.4 Å². The highest BCUT2D eigenvalue weighted by atomic mass is 32.2. The third-order valence-corrected chi connectivity index (χ3v) is 6.59. The Morgan fingerprint density at radius 3 is 0.846 bits per heavy atom. The highest BCUT2D eigenvalue weighted by Gasteiger charge is 2.39. The molecule has 39 heavy (non-hydrogen) atoms. The first kappa shape index (κ1) is 36.0. The number of alkyl halides is 9. The molecule has 23 heteroatoms. The number of fused-ring (bicyclic) bond motifs is 2. The van der Waals surface area contributed by atoms with Crippen molar-refractivity contribution in [2.24, 2.45) is 0 Å². The zero-order chi connectivity index (χ0) is 30.8. The number of carbonyl (C=O) groups is 3. The van der Waals surface area contributed by atoms with Crippen molar-refractivity contribution in [3.05, 3.63) is 0 Å². The maximum Gasteiger partial charge on any atom is 0.490 e. The van der Waals surface area contributed by atoms with Crippen LogP contribution in [0.25, 0.3) is 0 Å². The molecule has 0 spiro atoms. The summed E-state index contributed by atoms with van der Waals surface area (Å²) in [5.41, 5.74) is 0. The third kappa shape index (κ3) is 14.7. The maximum absolute atomic E-state index is 10.6. The normalized spacial score (nSPS) is 24.4. The van der Waals surface area contributed by atoms with Crippen molar-refractivity contribution in [1.82, 2.24) is 21.3 Å². The predicted octanol–water partition coefficient (Wildman–Crippen LogP) is 1.10. The van der Waals surface area contributed by atoms with E-state index in [0.29, 0.717) is 36.1 Å². The number of thioether (sulfide) groups is 2. The Labute approximate surface area is 220 Å². The number of hydrogen-bond donors (Lipinski definition) is 9. The molecule has 0 aromatic carbocycles. The van der Waals surface area contributed by atoms with Gasteiger partial charge in [-0.2, -0.15) is 63.0 Å². The van der Waals surface area contributed by atoms with E-state index >= 15 is 0 Å². The SMILES string of the molecule is N=C1NC2CSCC2N1.N=C1NC2CSCC2N1.O=C(O)C(F)(F)F.O=C(O)C(F)(F)F.O=C(O)C(F)(F)F. The van der Waals surface area contributed by atoms with Gasteiger partial charge in [0.15, 0.2) is 11.9 Å². The number of rotatable bonds is 0. The van der Waals surface area contributed by atoms with E-state index in [0.717, 1.165) is 23.0 Å². The van der Waals surface area contributed by atoms with Crippen molar-refractivity contribution < 1.29 is 69.2 Å². The summed E-state index contributed by atoms with van der Waals surface area (Å²) >= 11 is 3.89. The van der Waals surface area contributed by atoms with Crippen LogP contribution in [0.4, 0.5) is 39.5 Å². The number of aliphatic carboxylic acids is 3. The van der Waals surface area contributed by atoms with E-state index in [2.05, 4.69) is 21.3 Å². The molecule has 4 atom stereocenters. The van der Waals surface area contributed by atoms with Crippen LogP contribution in [0.15, 0.2) is 0 Å². The summed E-state index contributed by atoms with van der Waals surface area (Å²) in [6, 6.07) is 2.12. The molecule has 4 fully saturated rings. The van der Waals surface area contributed by atoms with Crippen LogP contribution < -0.4 is 21.3 Å². The van der Waals surface area contributed by atoms with E-state index in [1.54, 1.807) is 0 Å². The Bertz CT molecular complexity index is 771. The standard InChI is InChI=1S/2C5H9N3S.3C2HF3O2/c2*6-5-7-3-1-9-2-4(3)8-5;3*3-2(4,5)1(6)7/h2*3-4H,1-2H2,(H3,6,7,8);3*(H,6,7). The summed E-state index contributed by atoms with van der Waals surface area (Å²) < 4.78 is 95.2. The number of nitrogens with one attached hydrogen (secondary N) is 6. The number of halogens is 9. The van der Waals surface area contributed by atoms with Crippen LogP contribution in [0.1, 0.15) is 0 Å². The first-order chi connectivity index (χ1) is 17.6. The van der Waals surface area contributed by atoms with Gasteiger partial charge in [-0.05, 0) is 0 Å². The minimum absolute atomic E-state index is 0.505. The second-order valence-electron chi connectivity index (χ2n) is 7.24. The molecule has 4 aliphatic rings. The molecule has 0 aliphatic carbocycles. The molecule has 4 heterocycles. The molecule has 4 rings (SSSR count). The molecule has 4 unspecified atom stereocenters. The highest BCUT2D eigenvalue weighted by molar-refractivity contribution is 7.99. The Balaban J connectivity index is 0.000000467. The van der Waals surface area contributed by atoms with Crippen LogP contribution >= 0.6 is 23.5 Å². The van der Waals surface area contributed by atoms with Gasteiger partial charge in [0, 0.05) is 23.0 Å². The number of hydrogen-bond acceptors (Lipinski definition) is 7. The van der Waals surface area contributed by atoms with Gasteiger partial charge in [-0.1, -0.05) is 0 Å².